The van der Waals surface area contributed by atoms with Crippen LogP contribution in [0, 0.1) is 0 Å². The number of morpholine rings is 1. The SMILES string of the molecule is CC1COCCN1C(=O)CCNS(C)(=O)=O. The molecule has 1 aliphatic rings. The third-order valence-electron chi connectivity index (χ3n) is 2.39. The van der Waals surface area contributed by atoms with Gasteiger partial charge in [0.05, 0.1) is 25.5 Å². The number of sulfonamides is 1. The molecule has 6 nitrogen and oxygen atoms in total. The average molecular weight is 250 g/mol. The van der Waals surface area contributed by atoms with E-state index in [0.29, 0.717) is 19.8 Å². The van der Waals surface area contributed by atoms with Crippen molar-refractivity contribution < 1.29 is 17.9 Å². The predicted molar refractivity (Wildman–Crippen MR) is 59.5 cm³/mol. The highest BCUT2D eigenvalue weighted by molar-refractivity contribution is 7.88. The molecule has 7 heteroatoms. The van der Waals surface area contributed by atoms with Gasteiger partial charge < -0.3 is 9.64 Å². The first-order chi connectivity index (χ1) is 7.40. The lowest BCUT2D eigenvalue weighted by Gasteiger charge is -2.33. The van der Waals surface area contributed by atoms with E-state index in [-0.39, 0.29) is 24.9 Å². The van der Waals surface area contributed by atoms with Gasteiger partial charge in [0.25, 0.3) is 0 Å². The minimum atomic E-state index is -3.21. The largest absolute Gasteiger partial charge is 0.377 e. The van der Waals surface area contributed by atoms with Crippen molar-refractivity contribution in [3.63, 3.8) is 0 Å². The van der Waals surface area contributed by atoms with E-state index in [2.05, 4.69) is 4.72 Å². The highest BCUT2D eigenvalue weighted by Crippen LogP contribution is 2.07. The van der Waals surface area contributed by atoms with E-state index in [0.717, 1.165) is 6.26 Å². The van der Waals surface area contributed by atoms with E-state index in [1.807, 2.05) is 6.92 Å². The monoisotopic (exact) mass is 250 g/mol. The van der Waals surface area contributed by atoms with Gasteiger partial charge in [0.2, 0.25) is 15.9 Å². The van der Waals surface area contributed by atoms with Crippen molar-refractivity contribution in [3.05, 3.63) is 0 Å². The average Bonchev–Trinajstić information content (AvgIpc) is 2.16. The summed E-state index contributed by atoms with van der Waals surface area (Å²) in [5, 5.41) is 0. The van der Waals surface area contributed by atoms with Gasteiger partial charge >= 0.3 is 0 Å². The molecule has 1 fully saturated rings. The van der Waals surface area contributed by atoms with E-state index in [1.165, 1.54) is 0 Å². The van der Waals surface area contributed by atoms with Crippen molar-refractivity contribution in [1.29, 1.82) is 0 Å². The van der Waals surface area contributed by atoms with Crippen LogP contribution in [0.2, 0.25) is 0 Å². The van der Waals surface area contributed by atoms with Crippen molar-refractivity contribution in [2.45, 2.75) is 19.4 Å². The van der Waals surface area contributed by atoms with Crippen LogP contribution in [0.15, 0.2) is 0 Å². The number of rotatable bonds is 4. The molecule has 1 N–H and O–H groups in total. The molecule has 94 valence electrons. The van der Waals surface area contributed by atoms with Crippen LogP contribution >= 0.6 is 0 Å². The molecular formula is C9H18N2O4S. The number of nitrogens with zero attached hydrogens (tertiary/aromatic N) is 1. The minimum Gasteiger partial charge on any atom is -0.377 e. The van der Waals surface area contributed by atoms with Gasteiger partial charge in [0.1, 0.15) is 0 Å². The Labute approximate surface area is 96.0 Å². The summed E-state index contributed by atoms with van der Waals surface area (Å²) >= 11 is 0. The van der Waals surface area contributed by atoms with Crippen LogP contribution in [0.4, 0.5) is 0 Å². The summed E-state index contributed by atoms with van der Waals surface area (Å²) in [6.07, 6.45) is 1.27. The van der Waals surface area contributed by atoms with Gasteiger partial charge in [-0.25, -0.2) is 13.1 Å². The van der Waals surface area contributed by atoms with E-state index < -0.39 is 10.0 Å². The van der Waals surface area contributed by atoms with Crippen LogP contribution in [-0.4, -0.2) is 57.8 Å². The second kappa shape index (κ2) is 5.60. The van der Waals surface area contributed by atoms with Crippen LogP contribution in [0.3, 0.4) is 0 Å². The Hall–Kier alpha value is -0.660. The third-order valence-corrected chi connectivity index (χ3v) is 3.12. The molecule has 0 bridgehead atoms. The molecular weight excluding hydrogens is 232 g/mol. The minimum absolute atomic E-state index is 0.0352. The molecule has 0 aromatic heterocycles. The molecule has 1 rings (SSSR count). The summed E-state index contributed by atoms with van der Waals surface area (Å²) in [6.45, 7) is 3.75. The molecule has 1 heterocycles. The van der Waals surface area contributed by atoms with Gasteiger partial charge in [-0.05, 0) is 6.92 Å². The van der Waals surface area contributed by atoms with Crippen molar-refractivity contribution >= 4 is 15.9 Å². The molecule has 0 aliphatic carbocycles. The molecule has 1 aliphatic heterocycles. The van der Waals surface area contributed by atoms with Crippen LogP contribution < -0.4 is 4.72 Å². The topological polar surface area (TPSA) is 75.7 Å². The van der Waals surface area contributed by atoms with Gasteiger partial charge in [-0.2, -0.15) is 0 Å². The standard InChI is InChI=1S/C9H18N2O4S/c1-8-7-15-6-5-11(8)9(12)3-4-10-16(2,13)14/h8,10H,3-7H2,1-2H3. The first kappa shape index (κ1) is 13.4. The fourth-order valence-corrected chi connectivity index (χ4v) is 2.06. The number of hydrogen-bond acceptors (Lipinski definition) is 4. The second-order valence-electron chi connectivity index (χ2n) is 3.93. The summed E-state index contributed by atoms with van der Waals surface area (Å²) in [4.78, 5) is 13.5. The molecule has 0 aromatic carbocycles. The van der Waals surface area contributed by atoms with E-state index in [1.54, 1.807) is 4.90 Å². The zero-order valence-corrected chi connectivity index (χ0v) is 10.4. The first-order valence-electron chi connectivity index (χ1n) is 5.22. The maximum Gasteiger partial charge on any atom is 0.224 e. The lowest BCUT2D eigenvalue weighted by atomic mass is 10.2. The van der Waals surface area contributed by atoms with Gasteiger partial charge in [-0.3, -0.25) is 4.79 Å². The number of hydrogen-bond donors (Lipinski definition) is 1. The molecule has 1 amide bonds. The maximum absolute atomic E-state index is 11.7. The fraction of sp³-hybridized carbons (Fsp3) is 0.889. The Morgan fingerprint density at radius 3 is 2.81 bits per heavy atom. The normalized spacial score (nSPS) is 22.1. The van der Waals surface area contributed by atoms with Crippen molar-refractivity contribution in [1.82, 2.24) is 9.62 Å². The second-order valence-corrected chi connectivity index (χ2v) is 5.76. The van der Waals surface area contributed by atoms with Crippen molar-refractivity contribution in [2.75, 3.05) is 32.6 Å². The number of nitrogens with one attached hydrogen (secondary N) is 1. The Morgan fingerprint density at radius 2 is 2.25 bits per heavy atom. The molecule has 1 unspecified atom stereocenters. The van der Waals surface area contributed by atoms with Gasteiger partial charge in [0.15, 0.2) is 0 Å². The Balaban J connectivity index is 2.34. The van der Waals surface area contributed by atoms with Crippen LogP contribution in [-0.2, 0) is 19.6 Å². The van der Waals surface area contributed by atoms with Gasteiger partial charge in [0, 0.05) is 19.5 Å². The molecule has 1 saturated heterocycles. The Kier molecular flexibility index (Phi) is 4.69. The first-order valence-corrected chi connectivity index (χ1v) is 7.11. The number of carbonyl (C=O) groups excluding carboxylic acids is 1. The van der Waals surface area contributed by atoms with Crippen molar-refractivity contribution in [3.8, 4) is 0 Å². The molecule has 0 saturated carbocycles. The smallest absolute Gasteiger partial charge is 0.224 e. The molecule has 16 heavy (non-hydrogen) atoms. The molecule has 0 aromatic rings. The lowest BCUT2D eigenvalue weighted by Crippen LogP contribution is -2.47. The predicted octanol–water partition coefficient (Wildman–Crippen LogP) is -0.827. The lowest BCUT2D eigenvalue weighted by molar-refractivity contribution is -0.138. The molecule has 0 radical (unpaired) electrons. The number of amides is 1. The summed E-state index contributed by atoms with van der Waals surface area (Å²) in [5.41, 5.74) is 0. The fourth-order valence-electron chi connectivity index (χ4n) is 1.58. The number of carbonyl (C=O) groups is 1. The molecule has 0 spiro atoms. The van der Waals surface area contributed by atoms with Gasteiger partial charge in [-0.15, -0.1) is 0 Å². The van der Waals surface area contributed by atoms with Crippen LogP contribution in [0.5, 0.6) is 0 Å². The summed E-state index contributed by atoms with van der Waals surface area (Å²) in [6, 6.07) is 0.0690. The van der Waals surface area contributed by atoms with Crippen LogP contribution in [0.1, 0.15) is 13.3 Å². The summed E-state index contributed by atoms with van der Waals surface area (Å²) in [5.74, 6) is -0.0352. The number of ether oxygens (including phenoxy) is 1. The Bertz CT molecular complexity index is 341. The van der Waals surface area contributed by atoms with Crippen LogP contribution in [0.25, 0.3) is 0 Å². The quantitative estimate of drug-likeness (QED) is 0.707. The third kappa shape index (κ3) is 4.46. The maximum atomic E-state index is 11.7. The van der Waals surface area contributed by atoms with E-state index in [4.69, 9.17) is 4.74 Å². The highest BCUT2D eigenvalue weighted by atomic mass is 32.2. The highest BCUT2D eigenvalue weighted by Gasteiger charge is 2.23. The zero-order chi connectivity index (χ0) is 12.2. The summed E-state index contributed by atoms with van der Waals surface area (Å²) in [7, 11) is -3.21. The Morgan fingerprint density at radius 1 is 1.56 bits per heavy atom. The zero-order valence-electron chi connectivity index (χ0n) is 9.60. The van der Waals surface area contributed by atoms with E-state index >= 15 is 0 Å². The van der Waals surface area contributed by atoms with E-state index in [9.17, 15) is 13.2 Å². The molecule has 1 atom stereocenters. The van der Waals surface area contributed by atoms with Gasteiger partial charge in [-0.1, -0.05) is 0 Å². The van der Waals surface area contributed by atoms with Crippen molar-refractivity contribution in [2.24, 2.45) is 0 Å². The summed E-state index contributed by atoms with van der Waals surface area (Å²) < 4.78 is 29.1.